The molecule has 0 saturated heterocycles. The van der Waals surface area contributed by atoms with Gasteiger partial charge in [0.1, 0.15) is 24.5 Å². The third-order valence-corrected chi connectivity index (χ3v) is 4.31. The molecule has 3 rings (SSSR count). The minimum absolute atomic E-state index is 1.04. The highest BCUT2D eigenvalue weighted by atomic mass is 19.5. The third kappa shape index (κ3) is 5.10. The Balaban J connectivity index is 0.000000431. The van der Waals surface area contributed by atoms with Crippen molar-refractivity contribution >= 4 is 25.0 Å². The summed E-state index contributed by atoms with van der Waals surface area (Å²) in [5.74, 6) is 0. The van der Waals surface area contributed by atoms with E-state index >= 15 is 0 Å². The van der Waals surface area contributed by atoms with E-state index in [9.17, 15) is 17.3 Å². The van der Waals surface area contributed by atoms with Crippen molar-refractivity contribution in [3.05, 3.63) is 58.7 Å². The van der Waals surface area contributed by atoms with Crippen molar-refractivity contribution in [1.29, 1.82) is 0 Å². The van der Waals surface area contributed by atoms with Crippen LogP contribution in [0.5, 0.6) is 0 Å². The average Bonchev–Trinajstić information content (AvgIpc) is 2.94. The van der Waals surface area contributed by atoms with E-state index in [2.05, 4.69) is 79.9 Å². The van der Waals surface area contributed by atoms with E-state index in [4.69, 9.17) is 0 Å². The Bertz CT molecular complexity index is 769. The molecule has 1 aliphatic rings. The molecule has 0 radical (unpaired) electrons. The number of hydrogen-bond acceptors (Lipinski definition) is 1. The average molecular weight is 366 g/mol. The zero-order valence-electron chi connectivity index (χ0n) is 15.4. The Hall–Kier alpha value is -2.31. The van der Waals surface area contributed by atoms with Gasteiger partial charge in [-0.3, -0.25) is 0 Å². The van der Waals surface area contributed by atoms with E-state index in [0.29, 0.717) is 0 Å². The van der Waals surface area contributed by atoms with Gasteiger partial charge in [0.2, 0.25) is 6.34 Å². The second kappa shape index (κ2) is 7.93. The summed E-state index contributed by atoms with van der Waals surface area (Å²) in [6.45, 7) is 10.9. The minimum atomic E-state index is -6.00. The smallest absolute Gasteiger partial charge is 0.418 e. The number of benzene rings is 2. The SMILES string of the molecule is Cc1cccc(C)c1N1C=[N+](c2c(C)cccc2C)CC1.F[B-](F)(F)F. The third-order valence-electron chi connectivity index (χ3n) is 4.31. The normalized spacial score (nSPS) is 14.0. The molecule has 0 saturated carbocycles. The quantitative estimate of drug-likeness (QED) is 0.391. The number of halogens is 4. The lowest BCUT2D eigenvalue weighted by molar-refractivity contribution is -0.425. The van der Waals surface area contributed by atoms with Crippen LogP contribution >= 0.6 is 0 Å². The molecule has 0 amide bonds. The fourth-order valence-corrected chi connectivity index (χ4v) is 3.36. The van der Waals surface area contributed by atoms with Crippen LogP contribution in [0.1, 0.15) is 22.3 Å². The number of para-hydroxylation sites is 2. The van der Waals surface area contributed by atoms with E-state index in [0.717, 1.165) is 13.1 Å². The van der Waals surface area contributed by atoms with Crippen molar-refractivity contribution in [3.8, 4) is 0 Å². The first-order valence-electron chi connectivity index (χ1n) is 8.46. The van der Waals surface area contributed by atoms with Crippen LogP contribution in [0.4, 0.5) is 28.6 Å². The summed E-state index contributed by atoms with van der Waals surface area (Å²) in [4.78, 5) is 2.39. The van der Waals surface area contributed by atoms with Crippen molar-refractivity contribution in [2.45, 2.75) is 27.7 Å². The molecule has 0 aromatic heterocycles. The first-order valence-corrected chi connectivity index (χ1v) is 8.46. The number of nitrogens with zero attached hydrogens (tertiary/aromatic N) is 2. The molecular formula is C19H23BF4N2. The Morgan fingerprint density at radius 3 is 1.69 bits per heavy atom. The lowest BCUT2D eigenvalue weighted by Gasteiger charge is -2.12. The Morgan fingerprint density at radius 1 is 0.808 bits per heavy atom. The molecule has 1 heterocycles. The van der Waals surface area contributed by atoms with Gasteiger partial charge in [-0.05, 0) is 49.9 Å². The fourth-order valence-electron chi connectivity index (χ4n) is 3.36. The zero-order chi connectivity index (χ0) is 19.5. The van der Waals surface area contributed by atoms with Crippen LogP contribution in [-0.2, 0) is 0 Å². The fraction of sp³-hybridized carbons (Fsp3) is 0.316. The summed E-state index contributed by atoms with van der Waals surface area (Å²) in [6.07, 6.45) is 2.27. The van der Waals surface area contributed by atoms with Crippen LogP contribution in [0, 0.1) is 27.7 Å². The van der Waals surface area contributed by atoms with Crippen LogP contribution in [0.3, 0.4) is 0 Å². The van der Waals surface area contributed by atoms with E-state index in [1.165, 1.54) is 33.6 Å². The molecule has 0 aliphatic carbocycles. The second-order valence-corrected chi connectivity index (χ2v) is 6.48. The minimum Gasteiger partial charge on any atom is -0.418 e. The van der Waals surface area contributed by atoms with Crippen molar-refractivity contribution in [3.63, 3.8) is 0 Å². The van der Waals surface area contributed by atoms with Crippen LogP contribution < -0.4 is 4.90 Å². The molecule has 2 aromatic rings. The van der Waals surface area contributed by atoms with Gasteiger partial charge in [-0.15, -0.1) is 0 Å². The van der Waals surface area contributed by atoms with Gasteiger partial charge >= 0.3 is 7.25 Å². The van der Waals surface area contributed by atoms with Crippen LogP contribution in [0.25, 0.3) is 0 Å². The number of rotatable bonds is 2. The van der Waals surface area contributed by atoms with Crippen molar-refractivity contribution in [2.75, 3.05) is 18.0 Å². The van der Waals surface area contributed by atoms with Crippen LogP contribution in [0.2, 0.25) is 0 Å². The maximum absolute atomic E-state index is 9.75. The molecule has 0 unspecified atom stereocenters. The van der Waals surface area contributed by atoms with Gasteiger partial charge < -0.3 is 17.3 Å². The van der Waals surface area contributed by atoms with Gasteiger partial charge in [0, 0.05) is 0 Å². The molecule has 0 fully saturated rings. The largest absolute Gasteiger partial charge is 0.673 e. The monoisotopic (exact) mass is 366 g/mol. The highest BCUT2D eigenvalue weighted by molar-refractivity contribution is 6.50. The van der Waals surface area contributed by atoms with Gasteiger partial charge in [0.05, 0.1) is 0 Å². The van der Waals surface area contributed by atoms with Crippen molar-refractivity contribution in [1.82, 2.24) is 0 Å². The summed E-state index contributed by atoms with van der Waals surface area (Å²) in [7, 11) is -6.00. The van der Waals surface area contributed by atoms with Gasteiger partial charge in [-0.2, -0.15) is 0 Å². The summed E-state index contributed by atoms with van der Waals surface area (Å²) in [5.41, 5.74) is 8.07. The molecule has 0 N–H and O–H groups in total. The van der Waals surface area contributed by atoms with Crippen LogP contribution in [-0.4, -0.2) is 31.3 Å². The van der Waals surface area contributed by atoms with Gasteiger partial charge in [-0.25, -0.2) is 9.48 Å². The maximum Gasteiger partial charge on any atom is 0.673 e. The first kappa shape index (κ1) is 20.0. The standard InChI is InChI=1S/C19H23N2.BF4/c1-14-7-5-8-15(2)18(14)20-11-12-21(13-20)19-16(3)9-6-10-17(19)4;2-1(3,4)5/h5-10,13H,11-12H2,1-4H3;/q+1;-1. The molecule has 0 bridgehead atoms. The van der Waals surface area contributed by atoms with Gasteiger partial charge in [0.25, 0.3) is 0 Å². The van der Waals surface area contributed by atoms with Crippen LogP contribution in [0.15, 0.2) is 36.4 Å². The van der Waals surface area contributed by atoms with Crippen molar-refractivity contribution < 1.29 is 21.8 Å². The first-order chi connectivity index (χ1) is 12.1. The van der Waals surface area contributed by atoms with E-state index in [1.54, 1.807) is 0 Å². The van der Waals surface area contributed by atoms with E-state index in [1.807, 2.05) is 0 Å². The highest BCUT2D eigenvalue weighted by Crippen LogP contribution is 2.28. The van der Waals surface area contributed by atoms with Crippen molar-refractivity contribution in [2.24, 2.45) is 0 Å². The molecule has 7 heteroatoms. The summed E-state index contributed by atoms with van der Waals surface area (Å²) < 4.78 is 41.4. The summed E-state index contributed by atoms with van der Waals surface area (Å²) >= 11 is 0. The predicted octanol–water partition coefficient (Wildman–Crippen LogP) is 5.41. The van der Waals surface area contributed by atoms with E-state index in [-0.39, 0.29) is 0 Å². The lowest BCUT2D eigenvalue weighted by atomic mass is 10.1. The summed E-state index contributed by atoms with van der Waals surface area (Å²) in [5, 5.41) is 0. The molecule has 2 aromatic carbocycles. The molecular weight excluding hydrogens is 343 g/mol. The topological polar surface area (TPSA) is 6.25 Å². The number of hydrogen-bond donors (Lipinski definition) is 0. The Kier molecular flexibility index (Phi) is 6.11. The molecule has 1 aliphatic heterocycles. The lowest BCUT2D eigenvalue weighted by Crippen LogP contribution is -2.20. The molecule has 0 spiro atoms. The van der Waals surface area contributed by atoms with Gasteiger partial charge in [0.15, 0.2) is 0 Å². The highest BCUT2D eigenvalue weighted by Gasteiger charge is 2.26. The maximum atomic E-state index is 9.75. The van der Waals surface area contributed by atoms with Gasteiger partial charge in [-0.1, -0.05) is 36.4 Å². The summed E-state index contributed by atoms with van der Waals surface area (Å²) in [6, 6.07) is 13.0. The number of aryl methyl sites for hydroxylation is 4. The Labute approximate surface area is 151 Å². The predicted molar refractivity (Wildman–Crippen MR) is 100 cm³/mol. The molecule has 0 atom stereocenters. The molecule has 26 heavy (non-hydrogen) atoms. The zero-order valence-corrected chi connectivity index (χ0v) is 15.4. The number of anilines is 1. The second-order valence-electron chi connectivity index (χ2n) is 6.48. The molecule has 140 valence electrons. The molecule has 2 nitrogen and oxygen atoms in total. The Morgan fingerprint density at radius 2 is 1.23 bits per heavy atom. The van der Waals surface area contributed by atoms with E-state index < -0.39 is 7.25 Å².